The second-order valence-corrected chi connectivity index (χ2v) is 5.09. The van der Waals surface area contributed by atoms with Crippen LogP contribution in [-0.2, 0) is 0 Å². The van der Waals surface area contributed by atoms with Crippen LogP contribution in [0.1, 0.15) is 20.3 Å². The van der Waals surface area contributed by atoms with E-state index in [1.165, 1.54) is 17.1 Å². The molecule has 1 heterocycles. The van der Waals surface area contributed by atoms with Crippen molar-refractivity contribution in [3.8, 4) is 5.69 Å². The predicted octanol–water partition coefficient (Wildman–Crippen LogP) is 1.62. The van der Waals surface area contributed by atoms with Crippen molar-refractivity contribution in [1.29, 1.82) is 0 Å². The zero-order valence-corrected chi connectivity index (χ0v) is 11.5. The first-order valence-electron chi connectivity index (χ1n) is 6.45. The summed E-state index contributed by atoms with van der Waals surface area (Å²) in [5, 5.41) is 23.3. The molecule has 0 amide bonds. The van der Waals surface area contributed by atoms with E-state index in [0.717, 1.165) is 6.42 Å². The van der Waals surface area contributed by atoms with Gasteiger partial charge in [-0.25, -0.2) is 9.07 Å². The average Bonchev–Trinajstić information content (AvgIpc) is 3.00. The van der Waals surface area contributed by atoms with Crippen molar-refractivity contribution in [2.24, 2.45) is 5.41 Å². The summed E-state index contributed by atoms with van der Waals surface area (Å²) >= 11 is 0. The lowest BCUT2D eigenvalue weighted by atomic mass is 9.88. The first-order valence-corrected chi connectivity index (χ1v) is 6.45. The van der Waals surface area contributed by atoms with E-state index in [1.807, 2.05) is 13.8 Å². The Balaban J connectivity index is 2.17. The molecule has 0 aliphatic carbocycles. The van der Waals surface area contributed by atoms with E-state index in [0.29, 0.717) is 17.9 Å². The Morgan fingerprint density at radius 2 is 2.25 bits per heavy atom. The van der Waals surface area contributed by atoms with E-state index in [2.05, 4.69) is 20.8 Å². The number of anilines is 1. The summed E-state index contributed by atoms with van der Waals surface area (Å²) in [7, 11) is 0. The first-order chi connectivity index (χ1) is 9.58. The van der Waals surface area contributed by atoms with Crippen LogP contribution in [0.4, 0.5) is 10.1 Å². The van der Waals surface area contributed by atoms with Gasteiger partial charge in [0.2, 0.25) is 0 Å². The van der Waals surface area contributed by atoms with Crippen LogP contribution in [-0.4, -0.2) is 38.5 Å². The Morgan fingerprint density at radius 1 is 1.45 bits per heavy atom. The SMILES string of the molecule is CCC(C)(CO)CNc1cc(-n2cnnn2)ccc1F. The van der Waals surface area contributed by atoms with Gasteiger partial charge < -0.3 is 10.4 Å². The minimum atomic E-state index is -0.349. The number of benzene rings is 1. The summed E-state index contributed by atoms with van der Waals surface area (Å²) < 4.78 is 15.3. The Morgan fingerprint density at radius 3 is 2.85 bits per heavy atom. The Kier molecular flexibility index (Phi) is 4.29. The molecule has 20 heavy (non-hydrogen) atoms. The van der Waals surface area contributed by atoms with Gasteiger partial charge in [0, 0.05) is 12.0 Å². The molecule has 2 N–H and O–H groups in total. The van der Waals surface area contributed by atoms with Crippen molar-refractivity contribution >= 4 is 5.69 Å². The fourth-order valence-corrected chi connectivity index (χ4v) is 1.67. The van der Waals surface area contributed by atoms with Gasteiger partial charge in [0.05, 0.1) is 18.0 Å². The highest BCUT2D eigenvalue weighted by Crippen LogP contribution is 2.23. The summed E-state index contributed by atoms with van der Waals surface area (Å²) in [6.45, 7) is 4.47. The third-order valence-corrected chi connectivity index (χ3v) is 3.50. The molecule has 0 bridgehead atoms. The topological polar surface area (TPSA) is 75.9 Å². The first kappa shape index (κ1) is 14.4. The van der Waals surface area contributed by atoms with Crippen LogP contribution >= 0.6 is 0 Å². The number of nitrogens with one attached hydrogen (secondary N) is 1. The van der Waals surface area contributed by atoms with Crippen LogP contribution in [0, 0.1) is 11.2 Å². The molecule has 0 fully saturated rings. The van der Waals surface area contributed by atoms with Gasteiger partial charge in [0.25, 0.3) is 0 Å². The maximum atomic E-state index is 13.8. The number of aliphatic hydroxyl groups is 1. The molecule has 0 radical (unpaired) electrons. The second-order valence-electron chi connectivity index (χ2n) is 5.09. The molecule has 0 aliphatic rings. The second kappa shape index (κ2) is 5.96. The molecule has 7 heteroatoms. The van der Waals surface area contributed by atoms with Crippen LogP contribution in [0.5, 0.6) is 0 Å². The molecule has 0 saturated carbocycles. The minimum absolute atomic E-state index is 0.0464. The van der Waals surface area contributed by atoms with Crippen LogP contribution < -0.4 is 5.32 Å². The molecule has 1 aromatic carbocycles. The number of aliphatic hydroxyl groups excluding tert-OH is 1. The smallest absolute Gasteiger partial charge is 0.146 e. The number of hydrogen-bond donors (Lipinski definition) is 2. The van der Waals surface area contributed by atoms with Crippen LogP contribution in [0.2, 0.25) is 0 Å². The molecule has 0 aliphatic heterocycles. The lowest BCUT2D eigenvalue weighted by Crippen LogP contribution is -2.29. The molecular formula is C13H18FN5O. The van der Waals surface area contributed by atoms with Crippen LogP contribution in [0.25, 0.3) is 5.69 Å². The molecule has 1 unspecified atom stereocenters. The number of halogens is 1. The lowest BCUT2D eigenvalue weighted by molar-refractivity contribution is 0.149. The van der Waals surface area contributed by atoms with Gasteiger partial charge in [-0.1, -0.05) is 13.8 Å². The van der Waals surface area contributed by atoms with Crippen molar-refractivity contribution in [3.05, 3.63) is 30.3 Å². The van der Waals surface area contributed by atoms with Crippen molar-refractivity contribution in [2.45, 2.75) is 20.3 Å². The number of hydrogen-bond acceptors (Lipinski definition) is 5. The molecule has 0 saturated heterocycles. The normalized spacial score (nSPS) is 14.0. The average molecular weight is 279 g/mol. The Hall–Kier alpha value is -2.02. The molecule has 1 atom stereocenters. The van der Waals surface area contributed by atoms with Gasteiger partial charge in [-0.15, -0.1) is 5.10 Å². The third-order valence-electron chi connectivity index (χ3n) is 3.50. The minimum Gasteiger partial charge on any atom is -0.396 e. The van der Waals surface area contributed by atoms with Crippen molar-refractivity contribution < 1.29 is 9.50 Å². The molecular weight excluding hydrogens is 261 g/mol. The number of aromatic nitrogens is 4. The summed E-state index contributed by atoms with van der Waals surface area (Å²) in [6.07, 6.45) is 2.24. The van der Waals surface area contributed by atoms with E-state index >= 15 is 0 Å². The molecule has 2 rings (SSSR count). The highest BCUT2D eigenvalue weighted by Gasteiger charge is 2.21. The monoisotopic (exact) mass is 279 g/mol. The van der Waals surface area contributed by atoms with Gasteiger partial charge >= 0.3 is 0 Å². The third kappa shape index (κ3) is 3.11. The summed E-state index contributed by atoms with van der Waals surface area (Å²) in [5.74, 6) is -0.349. The van der Waals surface area contributed by atoms with E-state index < -0.39 is 0 Å². The quantitative estimate of drug-likeness (QED) is 0.840. The summed E-state index contributed by atoms with van der Waals surface area (Å²) in [5.41, 5.74) is 0.754. The van der Waals surface area contributed by atoms with E-state index in [9.17, 15) is 9.50 Å². The summed E-state index contributed by atoms with van der Waals surface area (Å²) in [4.78, 5) is 0. The maximum Gasteiger partial charge on any atom is 0.146 e. The highest BCUT2D eigenvalue weighted by atomic mass is 19.1. The maximum absolute atomic E-state index is 13.8. The lowest BCUT2D eigenvalue weighted by Gasteiger charge is -2.26. The van der Waals surface area contributed by atoms with Crippen molar-refractivity contribution in [2.75, 3.05) is 18.5 Å². The largest absolute Gasteiger partial charge is 0.396 e. The fraction of sp³-hybridized carbons (Fsp3) is 0.462. The number of tetrazole rings is 1. The van der Waals surface area contributed by atoms with Gasteiger partial charge in [-0.2, -0.15) is 0 Å². The molecule has 2 aromatic rings. The van der Waals surface area contributed by atoms with Crippen LogP contribution in [0.15, 0.2) is 24.5 Å². The molecule has 108 valence electrons. The Labute approximate surface area is 116 Å². The van der Waals surface area contributed by atoms with E-state index in [-0.39, 0.29) is 17.8 Å². The summed E-state index contributed by atoms with van der Waals surface area (Å²) in [6, 6.07) is 4.60. The fourth-order valence-electron chi connectivity index (χ4n) is 1.67. The van der Waals surface area contributed by atoms with E-state index in [4.69, 9.17) is 0 Å². The van der Waals surface area contributed by atoms with Gasteiger partial charge in [-0.3, -0.25) is 0 Å². The number of rotatable bonds is 6. The molecule has 0 spiro atoms. The van der Waals surface area contributed by atoms with Gasteiger partial charge in [-0.05, 0) is 35.0 Å². The van der Waals surface area contributed by atoms with Crippen molar-refractivity contribution in [3.63, 3.8) is 0 Å². The van der Waals surface area contributed by atoms with E-state index in [1.54, 1.807) is 12.1 Å². The highest BCUT2D eigenvalue weighted by molar-refractivity contribution is 5.52. The standard InChI is InChI=1S/C13H18FN5O/c1-3-13(2,8-20)7-15-12-6-10(4-5-11(12)14)19-9-16-17-18-19/h4-6,9,15,20H,3,7-8H2,1-2H3. The molecule has 1 aromatic heterocycles. The molecule has 6 nitrogen and oxygen atoms in total. The van der Waals surface area contributed by atoms with Crippen LogP contribution in [0.3, 0.4) is 0 Å². The van der Waals surface area contributed by atoms with Gasteiger partial charge in [0.15, 0.2) is 0 Å². The van der Waals surface area contributed by atoms with Gasteiger partial charge in [0.1, 0.15) is 12.1 Å². The zero-order valence-electron chi connectivity index (χ0n) is 11.5. The number of nitrogens with zero attached hydrogens (tertiary/aromatic N) is 4. The predicted molar refractivity (Wildman–Crippen MR) is 73.1 cm³/mol. The Bertz CT molecular complexity index is 554. The zero-order chi connectivity index (χ0) is 14.6. The van der Waals surface area contributed by atoms with Crippen molar-refractivity contribution in [1.82, 2.24) is 20.2 Å².